The SMILES string of the molecule is N#Cc1nc(-c2ccc(Br)o2)oc1NCc1cccs1. The largest absolute Gasteiger partial charge is 0.444 e. The van der Waals surface area contributed by atoms with E-state index in [4.69, 9.17) is 14.1 Å². The molecule has 3 aromatic rings. The minimum atomic E-state index is 0.212. The van der Waals surface area contributed by atoms with Gasteiger partial charge in [-0.05, 0) is 39.5 Å². The molecular formula is C13H8BrN3O2S. The average Bonchev–Trinajstić information content (AvgIpc) is 3.16. The molecule has 1 N–H and O–H groups in total. The van der Waals surface area contributed by atoms with Crippen LogP contribution in [0.15, 0.2) is 43.1 Å². The van der Waals surface area contributed by atoms with Crippen molar-refractivity contribution in [3.63, 3.8) is 0 Å². The average molecular weight is 350 g/mol. The van der Waals surface area contributed by atoms with Crippen molar-refractivity contribution in [3.8, 4) is 17.7 Å². The number of rotatable bonds is 4. The molecule has 0 saturated heterocycles. The molecule has 0 unspecified atom stereocenters. The molecule has 3 heterocycles. The van der Waals surface area contributed by atoms with Crippen LogP contribution >= 0.6 is 27.3 Å². The lowest BCUT2D eigenvalue weighted by atomic mass is 10.4. The van der Waals surface area contributed by atoms with Crippen LogP contribution in [0.4, 0.5) is 5.88 Å². The predicted octanol–water partition coefficient (Wildman–Crippen LogP) is 4.24. The number of aromatic nitrogens is 1. The van der Waals surface area contributed by atoms with E-state index in [2.05, 4.69) is 26.2 Å². The molecule has 0 radical (unpaired) electrons. The Bertz CT molecular complexity index is 755. The normalized spacial score (nSPS) is 10.4. The van der Waals surface area contributed by atoms with Crippen LogP contribution in [0.25, 0.3) is 11.7 Å². The number of nitriles is 1. The monoisotopic (exact) mass is 349 g/mol. The summed E-state index contributed by atoms with van der Waals surface area (Å²) >= 11 is 4.84. The molecule has 7 heteroatoms. The summed E-state index contributed by atoms with van der Waals surface area (Å²) in [7, 11) is 0. The van der Waals surface area contributed by atoms with Crippen LogP contribution in [0, 0.1) is 11.3 Å². The highest BCUT2D eigenvalue weighted by molar-refractivity contribution is 9.10. The van der Waals surface area contributed by atoms with E-state index >= 15 is 0 Å². The van der Waals surface area contributed by atoms with Crippen LogP contribution in [0.2, 0.25) is 0 Å². The lowest BCUT2D eigenvalue weighted by molar-refractivity contribution is 0.509. The van der Waals surface area contributed by atoms with E-state index in [1.807, 2.05) is 23.6 Å². The number of nitrogens with one attached hydrogen (secondary N) is 1. The fourth-order valence-electron chi connectivity index (χ4n) is 1.63. The van der Waals surface area contributed by atoms with Crippen LogP contribution in [0.5, 0.6) is 0 Å². The third-order valence-corrected chi connectivity index (χ3v) is 3.82. The maximum absolute atomic E-state index is 9.09. The second kappa shape index (κ2) is 5.53. The number of hydrogen-bond acceptors (Lipinski definition) is 6. The molecule has 3 aromatic heterocycles. The number of anilines is 1. The Morgan fingerprint density at radius 2 is 2.25 bits per heavy atom. The molecule has 20 heavy (non-hydrogen) atoms. The molecule has 0 atom stereocenters. The Balaban J connectivity index is 1.84. The topological polar surface area (TPSA) is 75.0 Å². The molecule has 5 nitrogen and oxygen atoms in total. The second-order valence-corrected chi connectivity index (χ2v) is 5.66. The van der Waals surface area contributed by atoms with Gasteiger partial charge < -0.3 is 14.2 Å². The number of oxazole rings is 1. The van der Waals surface area contributed by atoms with Crippen LogP contribution < -0.4 is 5.32 Å². The van der Waals surface area contributed by atoms with Gasteiger partial charge in [0.2, 0.25) is 11.6 Å². The fraction of sp³-hybridized carbons (Fsp3) is 0.0769. The fourth-order valence-corrected chi connectivity index (χ4v) is 2.58. The third kappa shape index (κ3) is 2.61. The predicted molar refractivity (Wildman–Crippen MR) is 78.3 cm³/mol. The van der Waals surface area contributed by atoms with Gasteiger partial charge in [-0.3, -0.25) is 0 Å². The van der Waals surface area contributed by atoms with Crippen LogP contribution in [-0.4, -0.2) is 4.98 Å². The second-order valence-electron chi connectivity index (χ2n) is 3.85. The number of nitrogens with zero attached hydrogens (tertiary/aromatic N) is 2. The van der Waals surface area contributed by atoms with Crippen molar-refractivity contribution < 1.29 is 8.83 Å². The molecule has 0 saturated carbocycles. The lowest BCUT2D eigenvalue weighted by Gasteiger charge is -1.99. The molecule has 0 bridgehead atoms. The summed E-state index contributed by atoms with van der Waals surface area (Å²) in [6.07, 6.45) is 0. The highest BCUT2D eigenvalue weighted by atomic mass is 79.9. The van der Waals surface area contributed by atoms with Gasteiger partial charge in [-0.1, -0.05) is 6.07 Å². The standard InChI is InChI=1S/C13H8BrN3O2S/c14-11-4-3-10(18-11)13-17-9(6-15)12(19-13)16-7-8-2-1-5-20-8/h1-5,16H,7H2. The van der Waals surface area contributed by atoms with Gasteiger partial charge in [0.25, 0.3) is 5.89 Å². The van der Waals surface area contributed by atoms with Crippen LogP contribution in [0.1, 0.15) is 10.6 Å². The maximum Gasteiger partial charge on any atom is 0.266 e. The molecule has 0 aliphatic heterocycles. The van der Waals surface area contributed by atoms with Crippen LogP contribution in [-0.2, 0) is 6.54 Å². The van der Waals surface area contributed by atoms with Gasteiger partial charge in [-0.25, -0.2) is 0 Å². The Morgan fingerprint density at radius 3 is 2.90 bits per heavy atom. The van der Waals surface area contributed by atoms with Crippen molar-refractivity contribution in [1.82, 2.24) is 4.98 Å². The van der Waals surface area contributed by atoms with Crippen LogP contribution in [0.3, 0.4) is 0 Å². The first-order valence-electron chi connectivity index (χ1n) is 5.69. The zero-order valence-electron chi connectivity index (χ0n) is 10.1. The summed E-state index contributed by atoms with van der Waals surface area (Å²) in [6, 6.07) is 9.44. The minimum absolute atomic E-state index is 0.212. The summed E-state index contributed by atoms with van der Waals surface area (Å²) in [4.78, 5) is 5.26. The van der Waals surface area contributed by atoms with Crippen molar-refractivity contribution in [2.75, 3.05) is 5.32 Å². The maximum atomic E-state index is 9.09. The Hall–Kier alpha value is -2.04. The number of halogens is 1. The highest BCUT2D eigenvalue weighted by Crippen LogP contribution is 2.28. The van der Waals surface area contributed by atoms with E-state index in [-0.39, 0.29) is 11.6 Å². The lowest BCUT2D eigenvalue weighted by Crippen LogP contribution is -1.97. The molecule has 0 aromatic carbocycles. The molecule has 0 spiro atoms. The van der Waals surface area contributed by atoms with Gasteiger partial charge in [-0.2, -0.15) is 10.2 Å². The Morgan fingerprint density at radius 1 is 1.35 bits per heavy atom. The smallest absolute Gasteiger partial charge is 0.266 e. The molecule has 0 aliphatic rings. The van der Waals surface area contributed by atoms with Crippen molar-refractivity contribution in [1.29, 1.82) is 5.26 Å². The van der Waals surface area contributed by atoms with E-state index < -0.39 is 0 Å². The number of thiophene rings is 1. The quantitative estimate of drug-likeness (QED) is 0.762. The zero-order chi connectivity index (χ0) is 13.9. The minimum Gasteiger partial charge on any atom is -0.444 e. The highest BCUT2D eigenvalue weighted by Gasteiger charge is 2.16. The van der Waals surface area contributed by atoms with Gasteiger partial charge in [0.1, 0.15) is 6.07 Å². The van der Waals surface area contributed by atoms with E-state index in [0.717, 1.165) is 4.88 Å². The van der Waals surface area contributed by atoms with Gasteiger partial charge >= 0.3 is 0 Å². The molecule has 0 fully saturated rings. The van der Waals surface area contributed by atoms with Gasteiger partial charge in [0, 0.05) is 4.88 Å². The first-order valence-corrected chi connectivity index (χ1v) is 7.36. The summed E-state index contributed by atoms with van der Waals surface area (Å²) in [5.41, 5.74) is 0.212. The summed E-state index contributed by atoms with van der Waals surface area (Å²) in [5, 5.41) is 14.2. The van der Waals surface area contributed by atoms with Gasteiger partial charge in [0.15, 0.2) is 10.4 Å². The zero-order valence-corrected chi connectivity index (χ0v) is 12.5. The summed E-state index contributed by atoms with van der Waals surface area (Å²) < 4.78 is 11.5. The Kier molecular flexibility index (Phi) is 3.58. The van der Waals surface area contributed by atoms with Crippen molar-refractivity contribution in [2.45, 2.75) is 6.54 Å². The Labute approximate surface area is 127 Å². The van der Waals surface area contributed by atoms with E-state index in [1.165, 1.54) is 0 Å². The molecule has 0 aliphatic carbocycles. The van der Waals surface area contributed by atoms with E-state index in [9.17, 15) is 0 Å². The van der Waals surface area contributed by atoms with E-state index in [0.29, 0.717) is 22.9 Å². The molecule has 3 rings (SSSR count). The van der Waals surface area contributed by atoms with Crippen molar-refractivity contribution in [2.24, 2.45) is 0 Å². The van der Waals surface area contributed by atoms with Crippen molar-refractivity contribution in [3.05, 3.63) is 44.9 Å². The van der Waals surface area contributed by atoms with Crippen molar-refractivity contribution >= 4 is 33.2 Å². The summed E-state index contributed by atoms with van der Waals surface area (Å²) in [5.74, 6) is 1.10. The molecule has 100 valence electrons. The first-order chi connectivity index (χ1) is 9.76. The first kappa shape index (κ1) is 13.0. The van der Waals surface area contributed by atoms with Gasteiger partial charge in [-0.15, -0.1) is 11.3 Å². The van der Waals surface area contributed by atoms with Gasteiger partial charge in [0.05, 0.1) is 6.54 Å². The number of furan rings is 1. The molecular weight excluding hydrogens is 342 g/mol. The molecule has 0 amide bonds. The third-order valence-electron chi connectivity index (χ3n) is 2.52. The summed E-state index contributed by atoms with van der Waals surface area (Å²) in [6.45, 7) is 0.586. The number of hydrogen-bond donors (Lipinski definition) is 1. The van der Waals surface area contributed by atoms with E-state index in [1.54, 1.807) is 23.5 Å².